The molecule has 1 aromatic rings. The number of nitrogens with zero attached hydrogens (tertiary/aromatic N) is 3. The molecule has 2 fully saturated rings. The van der Waals surface area contributed by atoms with E-state index in [-0.39, 0.29) is 0 Å². The lowest BCUT2D eigenvalue weighted by molar-refractivity contribution is 0.0263. The lowest BCUT2D eigenvalue weighted by Crippen LogP contribution is -2.48. The zero-order valence-electron chi connectivity index (χ0n) is 18.4. The van der Waals surface area contributed by atoms with E-state index in [1.165, 1.54) is 18.4 Å². The smallest absolute Gasteiger partial charge is 0.193 e. The Labute approximate surface area is 176 Å². The normalized spacial score (nSPS) is 20.1. The van der Waals surface area contributed by atoms with Crippen LogP contribution in [0.1, 0.15) is 38.2 Å². The maximum Gasteiger partial charge on any atom is 0.193 e. The summed E-state index contributed by atoms with van der Waals surface area (Å²) in [5.41, 5.74) is 1.36. The van der Waals surface area contributed by atoms with Crippen LogP contribution >= 0.6 is 0 Å². The van der Waals surface area contributed by atoms with Crippen molar-refractivity contribution in [3.63, 3.8) is 0 Å². The highest BCUT2D eigenvalue weighted by Gasteiger charge is 2.23. The molecule has 0 radical (unpaired) electrons. The summed E-state index contributed by atoms with van der Waals surface area (Å²) in [5, 5.41) is 3.64. The molecule has 0 amide bonds. The molecule has 0 bridgehead atoms. The van der Waals surface area contributed by atoms with E-state index in [1.807, 2.05) is 7.05 Å². The van der Waals surface area contributed by atoms with Gasteiger partial charge in [-0.1, -0.05) is 12.1 Å². The van der Waals surface area contributed by atoms with Crippen LogP contribution in [0.3, 0.4) is 0 Å². The van der Waals surface area contributed by atoms with E-state index >= 15 is 0 Å². The van der Waals surface area contributed by atoms with E-state index in [0.717, 1.165) is 76.3 Å². The molecule has 0 saturated carbocycles. The molecule has 0 atom stereocenters. The fraction of sp³-hybridized carbons (Fsp3) is 0.696. The largest absolute Gasteiger partial charge is 0.497 e. The number of hydrogen-bond acceptors (Lipinski definition) is 4. The number of hydrogen-bond donors (Lipinski definition) is 1. The molecule has 2 saturated heterocycles. The summed E-state index contributed by atoms with van der Waals surface area (Å²) in [4.78, 5) is 9.47. The van der Waals surface area contributed by atoms with Crippen LogP contribution in [0.15, 0.2) is 29.3 Å². The minimum absolute atomic E-state index is 0.421. The third-order valence-electron chi connectivity index (χ3n) is 6.18. The molecule has 2 heterocycles. The second-order valence-electron chi connectivity index (χ2n) is 8.14. The van der Waals surface area contributed by atoms with E-state index in [2.05, 4.69) is 51.3 Å². The Hall–Kier alpha value is -1.79. The van der Waals surface area contributed by atoms with Gasteiger partial charge in [0.25, 0.3) is 0 Å². The zero-order valence-corrected chi connectivity index (χ0v) is 18.4. The van der Waals surface area contributed by atoms with Crippen molar-refractivity contribution in [3.8, 4) is 5.75 Å². The van der Waals surface area contributed by atoms with Crippen molar-refractivity contribution in [1.29, 1.82) is 0 Å². The number of piperidine rings is 2. The summed E-state index contributed by atoms with van der Waals surface area (Å²) >= 11 is 0. The van der Waals surface area contributed by atoms with Crippen LogP contribution in [0.2, 0.25) is 0 Å². The van der Waals surface area contributed by atoms with Gasteiger partial charge >= 0.3 is 0 Å². The summed E-state index contributed by atoms with van der Waals surface area (Å²) in [6, 6.07) is 8.44. The molecule has 0 aliphatic carbocycles. The second kappa shape index (κ2) is 11.4. The quantitative estimate of drug-likeness (QED) is 0.561. The average Bonchev–Trinajstić information content (AvgIpc) is 2.77. The van der Waals surface area contributed by atoms with Crippen molar-refractivity contribution >= 4 is 5.96 Å². The number of rotatable bonds is 7. The molecule has 1 aromatic carbocycles. The highest BCUT2D eigenvalue weighted by molar-refractivity contribution is 5.79. The van der Waals surface area contributed by atoms with Crippen molar-refractivity contribution in [1.82, 2.24) is 15.1 Å². The van der Waals surface area contributed by atoms with Crippen molar-refractivity contribution in [2.75, 3.05) is 53.5 Å². The molecule has 0 spiro atoms. The van der Waals surface area contributed by atoms with Crippen LogP contribution in [0.5, 0.6) is 5.75 Å². The lowest BCUT2D eigenvalue weighted by Gasteiger charge is -2.36. The van der Waals surface area contributed by atoms with Crippen LogP contribution in [0, 0.1) is 5.92 Å². The van der Waals surface area contributed by atoms with Crippen molar-refractivity contribution in [2.45, 2.75) is 45.3 Å². The topological polar surface area (TPSA) is 49.3 Å². The summed E-state index contributed by atoms with van der Waals surface area (Å²) in [6.45, 7) is 9.34. The number of methoxy groups -OCH3 is 1. The van der Waals surface area contributed by atoms with Gasteiger partial charge in [0.2, 0.25) is 0 Å². The van der Waals surface area contributed by atoms with Crippen LogP contribution < -0.4 is 10.1 Å². The van der Waals surface area contributed by atoms with Crippen LogP contribution in [-0.4, -0.2) is 75.4 Å². The third kappa shape index (κ3) is 6.61. The van der Waals surface area contributed by atoms with Gasteiger partial charge in [-0.3, -0.25) is 9.89 Å². The Bertz CT molecular complexity index is 618. The first kappa shape index (κ1) is 21.9. The van der Waals surface area contributed by atoms with Gasteiger partial charge in [-0.15, -0.1) is 0 Å². The highest BCUT2D eigenvalue weighted by atomic mass is 16.5. The average molecular weight is 403 g/mol. The third-order valence-corrected chi connectivity index (χ3v) is 6.18. The molecule has 6 nitrogen and oxygen atoms in total. The van der Waals surface area contributed by atoms with Gasteiger partial charge in [0, 0.05) is 39.8 Å². The molecule has 6 heteroatoms. The van der Waals surface area contributed by atoms with Crippen LogP contribution in [0.25, 0.3) is 0 Å². The number of aliphatic imine (C=N–C) groups is 1. The molecule has 3 rings (SSSR count). The van der Waals surface area contributed by atoms with Gasteiger partial charge < -0.3 is 19.7 Å². The van der Waals surface area contributed by atoms with E-state index in [0.29, 0.717) is 6.10 Å². The minimum atomic E-state index is 0.421. The van der Waals surface area contributed by atoms with Gasteiger partial charge in [0.15, 0.2) is 5.96 Å². The molecular formula is C23H38N4O2. The van der Waals surface area contributed by atoms with Crippen molar-refractivity contribution in [2.24, 2.45) is 10.9 Å². The first-order valence-electron chi connectivity index (χ1n) is 11.1. The van der Waals surface area contributed by atoms with Gasteiger partial charge in [-0.2, -0.15) is 0 Å². The first-order valence-corrected chi connectivity index (χ1v) is 11.1. The maximum atomic E-state index is 5.77. The van der Waals surface area contributed by atoms with Gasteiger partial charge in [-0.05, 0) is 69.3 Å². The number of likely N-dealkylation sites (tertiary alicyclic amines) is 2. The number of guanidine groups is 1. The van der Waals surface area contributed by atoms with E-state index in [1.54, 1.807) is 7.11 Å². The SMILES string of the molecule is CCOC1CCN(C(=NC)NCC2CCN(Cc3ccc(OC)cc3)CC2)CC1. The zero-order chi connectivity index (χ0) is 20.5. The van der Waals surface area contributed by atoms with Gasteiger partial charge in [0.1, 0.15) is 5.75 Å². The Kier molecular flexibility index (Phi) is 8.62. The minimum Gasteiger partial charge on any atom is -0.497 e. The second-order valence-corrected chi connectivity index (χ2v) is 8.14. The number of nitrogens with one attached hydrogen (secondary N) is 1. The molecule has 2 aliphatic rings. The summed E-state index contributed by atoms with van der Waals surface area (Å²) < 4.78 is 11.0. The fourth-order valence-corrected chi connectivity index (χ4v) is 4.38. The predicted molar refractivity (Wildman–Crippen MR) is 119 cm³/mol. The summed E-state index contributed by atoms with van der Waals surface area (Å²) in [6.07, 6.45) is 5.10. The summed E-state index contributed by atoms with van der Waals surface area (Å²) in [7, 11) is 3.61. The van der Waals surface area contributed by atoms with E-state index in [4.69, 9.17) is 9.47 Å². The van der Waals surface area contributed by atoms with Crippen molar-refractivity contribution < 1.29 is 9.47 Å². The van der Waals surface area contributed by atoms with Crippen molar-refractivity contribution in [3.05, 3.63) is 29.8 Å². The molecule has 1 N–H and O–H groups in total. The Morgan fingerprint density at radius 2 is 1.76 bits per heavy atom. The number of benzene rings is 1. The fourth-order valence-electron chi connectivity index (χ4n) is 4.38. The Balaban J connectivity index is 1.36. The monoisotopic (exact) mass is 402 g/mol. The molecular weight excluding hydrogens is 364 g/mol. The lowest BCUT2D eigenvalue weighted by atomic mass is 9.96. The van der Waals surface area contributed by atoms with Gasteiger partial charge in [-0.25, -0.2) is 0 Å². The first-order chi connectivity index (χ1) is 14.2. The highest BCUT2D eigenvalue weighted by Crippen LogP contribution is 2.20. The van der Waals surface area contributed by atoms with Crippen LogP contribution in [0.4, 0.5) is 0 Å². The Morgan fingerprint density at radius 3 is 2.34 bits per heavy atom. The maximum absolute atomic E-state index is 5.77. The molecule has 29 heavy (non-hydrogen) atoms. The van der Waals surface area contributed by atoms with Gasteiger partial charge in [0.05, 0.1) is 13.2 Å². The van der Waals surface area contributed by atoms with E-state index in [9.17, 15) is 0 Å². The Morgan fingerprint density at radius 1 is 1.07 bits per heavy atom. The molecule has 0 unspecified atom stereocenters. The molecule has 162 valence electrons. The standard InChI is InChI=1S/C23H38N4O2/c1-4-29-22-11-15-27(16-12-22)23(24-2)25-17-19-9-13-26(14-10-19)18-20-5-7-21(28-3)8-6-20/h5-8,19,22H,4,9-18H2,1-3H3,(H,24,25). The predicted octanol–water partition coefficient (Wildman–Crippen LogP) is 2.98. The van der Waals surface area contributed by atoms with E-state index < -0.39 is 0 Å². The number of ether oxygens (including phenoxy) is 2. The molecule has 2 aliphatic heterocycles. The molecule has 0 aromatic heterocycles. The van der Waals surface area contributed by atoms with Crippen LogP contribution in [-0.2, 0) is 11.3 Å². The summed E-state index contributed by atoms with van der Waals surface area (Å²) in [5.74, 6) is 2.70.